The number of quaternary nitrogens is 1. The van der Waals surface area contributed by atoms with Gasteiger partial charge in [-0.15, -0.1) is 11.6 Å². The van der Waals surface area contributed by atoms with Gasteiger partial charge in [0.05, 0.1) is 30.0 Å². The maximum atomic E-state index is 12.0. The van der Waals surface area contributed by atoms with Crippen molar-refractivity contribution in [3.8, 4) is 0 Å². The molecule has 1 heterocycles. The van der Waals surface area contributed by atoms with E-state index in [2.05, 4.69) is 10.6 Å². The average Bonchev–Trinajstić information content (AvgIpc) is 2.73. The van der Waals surface area contributed by atoms with Crippen LogP contribution >= 0.6 is 23.2 Å². The van der Waals surface area contributed by atoms with Crippen LogP contribution in [0.1, 0.15) is 0 Å². The van der Waals surface area contributed by atoms with Gasteiger partial charge in [-0.05, 0) is 24.3 Å². The highest BCUT2D eigenvalue weighted by molar-refractivity contribution is 7.91. The molecule has 0 spiro atoms. The summed E-state index contributed by atoms with van der Waals surface area (Å²) in [6, 6.07) is 6.11. The van der Waals surface area contributed by atoms with Crippen molar-refractivity contribution in [1.82, 2.24) is 5.32 Å². The number of carbonyl (C=O) groups excluding carboxylic acids is 2. The highest BCUT2D eigenvalue weighted by Crippen LogP contribution is 2.17. The Labute approximate surface area is 156 Å². The fraction of sp³-hybridized carbons (Fsp3) is 0.467. The summed E-state index contributed by atoms with van der Waals surface area (Å²) in [5, 5.41) is 5.29. The van der Waals surface area contributed by atoms with Crippen molar-refractivity contribution in [1.29, 1.82) is 0 Å². The Kier molecular flexibility index (Phi) is 6.67. The Morgan fingerprint density at radius 3 is 2.32 bits per heavy atom. The summed E-state index contributed by atoms with van der Waals surface area (Å²) in [6.45, 7) is 0.123. The van der Waals surface area contributed by atoms with Crippen molar-refractivity contribution in [3.05, 3.63) is 29.3 Å². The van der Waals surface area contributed by atoms with Crippen LogP contribution < -0.4 is 15.5 Å². The number of nitrogens with one attached hydrogen (secondary N) is 3. The molecule has 0 bridgehead atoms. The number of benzene rings is 1. The predicted octanol–water partition coefficient (Wildman–Crippen LogP) is -0.686. The average molecular weight is 409 g/mol. The lowest BCUT2D eigenvalue weighted by Gasteiger charge is -2.17. The zero-order valence-electron chi connectivity index (χ0n) is 13.6. The largest absolute Gasteiger partial charge is 0.346 e. The van der Waals surface area contributed by atoms with E-state index in [1.54, 1.807) is 31.3 Å². The topological polar surface area (TPSA) is 96.8 Å². The molecule has 0 radical (unpaired) electrons. The van der Waals surface area contributed by atoms with Crippen molar-refractivity contribution in [2.45, 2.75) is 11.4 Å². The molecule has 1 aromatic rings. The maximum absolute atomic E-state index is 12.0. The number of halogens is 2. The minimum Gasteiger partial charge on any atom is -0.346 e. The van der Waals surface area contributed by atoms with Gasteiger partial charge in [-0.2, -0.15) is 0 Å². The third kappa shape index (κ3) is 6.47. The summed E-state index contributed by atoms with van der Waals surface area (Å²) in [6.07, 6.45) is 0. The van der Waals surface area contributed by atoms with E-state index >= 15 is 0 Å². The molecule has 7 nitrogen and oxygen atoms in total. The molecule has 138 valence electrons. The Hall–Kier alpha value is -1.35. The van der Waals surface area contributed by atoms with Gasteiger partial charge in [-0.1, -0.05) is 11.6 Å². The van der Waals surface area contributed by atoms with E-state index < -0.39 is 21.3 Å². The van der Waals surface area contributed by atoms with E-state index in [-0.39, 0.29) is 36.4 Å². The number of rotatable bonds is 6. The van der Waals surface area contributed by atoms with E-state index in [0.717, 1.165) is 0 Å². The first-order chi connectivity index (χ1) is 11.6. The quantitative estimate of drug-likeness (QED) is 0.543. The zero-order chi connectivity index (χ0) is 18.6. The summed E-state index contributed by atoms with van der Waals surface area (Å²) >= 11 is 11.7. The Balaban J connectivity index is 1.77. The van der Waals surface area contributed by atoms with Crippen molar-refractivity contribution in [2.75, 3.05) is 37.0 Å². The van der Waals surface area contributed by atoms with Gasteiger partial charge in [-0.25, -0.2) is 8.42 Å². The highest BCUT2D eigenvalue weighted by Gasteiger charge is 2.37. The highest BCUT2D eigenvalue weighted by atomic mass is 35.5. The fourth-order valence-electron chi connectivity index (χ4n) is 2.54. The molecule has 3 N–H and O–H groups in total. The molecule has 0 saturated carbocycles. The maximum Gasteiger partial charge on any atom is 0.279 e. The number of amides is 2. The van der Waals surface area contributed by atoms with Crippen molar-refractivity contribution >= 4 is 50.5 Å². The second-order valence-corrected chi connectivity index (χ2v) is 9.28. The molecule has 0 aromatic heterocycles. The van der Waals surface area contributed by atoms with Crippen LogP contribution in [-0.2, 0) is 19.4 Å². The molecular weight excluding hydrogens is 389 g/mol. The van der Waals surface area contributed by atoms with E-state index in [4.69, 9.17) is 23.2 Å². The van der Waals surface area contributed by atoms with Crippen molar-refractivity contribution in [3.63, 3.8) is 0 Å². The van der Waals surface area contributed by atoms with Crippen LogP contribution in [0.25, 0.3) is 0 Å². The first-order valence-electron chi connectivity index (χ1n) is 7.65. The van der Waals surface area contributed by atoms with Crippen LogP contribution in [0.4, 0.5) is 5.69 Å². The van der Waals surface area contributed by atoms with Gasteiger partial charge in [0.25, 0.3) is 11.8 Å². The lowest BCUT2D eigenvalue weighted by molar-refractivity contribution is -0.862. The van der Waals surface area contributed by atoms with Gasteiger partial charge in [0.2, 0.25) is 0 Å². The lowest BCUT2D eigenvalue weighted by Crippen LogP contribution is -3.11. The van der Waals surface area contributed by atoms with Crippen molar-refractivity contribution in [2.24, 2.45) is 0 Å². The SMILES string of the molecule is C[NH+](CC(=O)Nc1ccc(Cl)cc1)CC(=O)N[C@H]1CS(=O)(=O)C[C@@H]1Cl. The van der Waals surface area contributed by atoms with E-state index in [1.165, 1.54) is 0 Å². The van der Waals surface area contributed by atoms with Crippen LogP contribution in [0.5, 0.6) is 0 Å². The van der Waals surface area contributed by atoms with Crippen LogP contribution in [0.15, 0.2) is 24.3 Å². The van der Waals surface area contributed by atoms with Crippen LogP contribution in [0, 0.1) is 0 Å². The number of likely N-dealkylation sites (N-methyl/N-ethyl adjacent to an activating group) is 1. The first-order valence-corrected chi connectivity index (χ1v) is 10.3. The smallest absolute Gasteiger partial charge is 0.279 e. The second kappa shape index (κ2) is 8.35. The molecule has 1 saturated heterocycles. The van der Waals surface area contributed by atoms with Gasteiger partial charge in [0.1, 0.15) is 0 Å². The second-order valence-electron chi connectivity index (χ2n) is 6.13. The molecule has 25 heavy (non-hydrogen) atoms. The number of sulfone groups is 1. The fourth-order valence-corrected chi connectivity index (χ4v) is 5.22. The monoisotopic (exact) mass is 408 g/mol. The normalized spacial score (nSPS) is 23.0. The molecule has 0 aliphatic carbocycles. The lowest BCUT2D eigenvalue weighted by atomic mass is 10.2. The summed E-state index contributed by atoms with van der Waals surface area (Å²) in [7, 11) is -1.50. The molecule has 1 unspecified atom stereocenters. The van der Waals surface area contributed by atoms with Gasteiger partial charge in [0, 0.05) is 10.7 Å². The number of hydrogen-bond donors (Lipinski definition) is 3. The summed E-state index contributed by atoms with van der Waals surface area (Å²) in [5.41, 5.74) is 0.618. The number of anilines is 1. The third-order valence-electron chi connectivity index (χ3n) is 3.68. The van der Waals surface area contributed by atoms with Gasteiger partial charge < -0.3 is 15.5 Å². The minimum absolute atomic E-state index is 0.0359. The van der Waals surface area contributed by atoms with E-state index in [1.807, 2.05) is 0 Å². The number of alkyl halides is 1. The Morgan fingerprint density at radius 2 is 1.76 bits per heavy atom. The zero-order valence-corrected chi connectivity index (χ0v) is 15.9. The number of hydrogen-bond acceptors (Lipinski definition) is 4. The predicted molar refractivity (Wildman–Crippen MR) is 96.9 cm³/mol. The molecular formula is C15H20Cl2N3O4S+. The van der Waals surface area contributed by atoms with Crippen molar-refractivity contribution < 1.29 is 22.9 Å². The van der Waals surface area contributed by atoms with E-state index in [9.17, 15) is 18.0 Å². The van der Waals surface area contributed by atoms with Gasteiger partial charge in [-0.3, -0.25) is 9.59 Å². The summed E-state index contributed by atoms with van der Waals surface area (Å²) in [4.78, 5) is 24.6. The molecule has 1 fully saturated rings. The summed E-state index contributed by atoms with van der Waals surface area (Å²) < 4.78 is 23.0. The van der Waals surface area contributed by atoms with Gasteiger partial charge >= 0.3 is 0 Å². The Bertz CT molecular complexity index is 740. The first kappa shape index (κ1) is 20.0. The molecule has 2 rings (SSSR count). The number of carbonyl (C=O) groups is 2. The minimum atomic E-state index is -3.20. The molecule has 1 aliphatic rings. The molecule has 10 heteroatoms. The third-order valence-corrected chi connectivity index (χ3v) is 6.31. The molecule has 3 atom stereocenters. The van der Waals surface area contributed by atoms with E-state index in [0.29, 0.717) is 15.6 Å². The van der Waals surface area contributed by atoms with Crippen LogP contribution in [-0.4, -0.2) is 63.3 Å². The van der Waals surface area contributed by atoms with Crippen LogP contribution in [0.2, 0.25) is 5.02 Å². The van der Waals surface area contributed by atoms with Gasteiger partial charge in [0.15, 0.2) is 22.9 Å². The molecule has 1 aliphatic heterocycles. The molecule has 1 aromatic carbocycles. The Morgan fingerprint density at radius 1 is 1.16 bits per heavy atom. The molecule has 2 amide bonds. The standard InChI is InChI=1S/C15H19Cl2N3O4S/c1-20(6-14(21)18-11-4-2-10(16)3-5-11)7-15(22)19-13-9-25(23,24)8-12(13)17/h2-5,12-13H,6-9H2,1H3,(H,18,21)(H,19,22)/p+1/t12-,13-/m0/s1. The summed E-state index contributed by atoms with van der Waals surface area (Å²) in [5.74, 6) is -0.870. The van der Waals surface area contributed by atoms with Crippen LogP contribution in [0.3, 0.4) is 0 Å².